The highest BCUT2D eigenvalue weighted by molar-refractivity contribution is 7.99. The van der Waals surface area contributed by atoms with Gasteiger partial charge in [0.15, 0.2) is 5.58 Å². The molecule has 1 saturated heterocycles. The summed E-state index contributed by atoms with van der Waals surface area (Å²) in [5.41, 5.74) is 4.72. The highest BCUT2D eigenvalue weighted by Crippen LogP contribution is 2.38. The molecule has 0 radical (unpaired) electrons. The predicted molar refractivity (Wildman–Crippen MR) is 159 cm³/mol. The van der Waals surface area contributed by atoms with Crippen LogP contribution in [0.3, 0.4) is 0 Å². The molecule has 2 N–H and O–H groups in total. The first-order chi connectivity index (χ1) is 18.5. The van der Waals surface area contributed by atoms with E-state index in [2.05, 4.69) is 38.7 Å². The average molecular weight is 574 g/mol. The van der Waals surface area contributed by atoms with Crippen molar-refractivity contribution in [2.24, 2.45) is 0 Å². The molecule has 4 rings (SSSR count). The highest BCUT2D eigenvalue weighted by atomic mass is 32.2. The standard InChI is InChI=1S/C28H39N5O4S2/c1-19(2)21-10-11-23(31-39(5,35)36)26(20(3)4)27(21)30-25(34)18-33-14-12-32(13-15-33)16-17-38-28-29-22-8-6-7-9-24(22)37-28/h6-11,19-20,31H,12-18H2,1-5H3,(H,30,34). The average Bonchev–Trinajstić information content (AvgIpc) is 3.26. The number of nitrogens with one attached hydrogen (secondary N) is 2. The fourth-order valence-electron chi connectivity index (χ4n) is 4.87. The summed E-state index contributed by atoms with van der Waals surface area (Å²) in [7, 11) is -3.45. The van der Waals surface area contributed by atoms with Gasteiger partial charge in [0.25, 0.3) is 5.22 Å². The Labute approximate surface area is 235 Å². The number of oxazole rings is 1. The smallest absolute Gasteiger partial charge is 0.256 e. The second kappa shape index (κ2) is 12.7. The zero-order valence-electron chi connectivity index (χ0n) is 23.4. The van der Waals surface area contributed by atoms with Crippen LogP contribution in [0.5, 0.6) is 0 Å². The van der Waals surface area contributed by atoms with Gasteiger partial charge in [-0.25, -0.2) is 13.4 Å². The number of aromatic nitrogens is 1. The third-order valence-corrected chi connectivity index (χ3v) is 8.18. The normalized spacial score (nSPS) is 15.4. The molecule has 2 aromatic carbocycles. The fourth-order valence-corrected chi connectivity index (χ4v) is 6.29. The third-order valence-electron chi connectivity index (χ3n) is 6.78. The van der Waals surface area contributed by atoms with Crippen molar-refractivity contribution in [3.63, 3.8) is 0 Å². The number of carbonyl (C=O) groups is 1. The van der Waals surface area contributed by atoms with Crippen LogP contribution >= 0.6 is 11.8 Å². The van der Waals surface area contributed by atoms with Gasteiger partial charge in [-0.15, -0.1) is 0 Å². The van der Waals surface area contributed by atoms with Crippen molar-refractivity contribution in [3.8, 4) is 0 Å². The maximum absolute atomic E-state index is 13.2. The van der Waals surface area contributed by atoms with E-state index in [1.165, 1.54) is 0 Å². The van der Waals surface area contributed by atoms with Crippen LogP contribution in [0.4, 0.5) is 11.4 Å². The molecule has 0 unspecified atom stereocenters. The van der Waals surface area contributed by atoms with E-state index in [9.17, 15) is 13.2 Å². The lowest BCUT2D eigenvalue weighted by molar-refractivity contribution is -0.117. The number of anilines is 2. The molecule has 0 saturated carbocycles. The van der Waals surface area contributed by atoms with Crippen molar-refractivity contribution in [2.75, 3.05) is 61.3 Å². The zero-order valence-corrected chi connectivity index (χ0v) is 25.0. The Kier molecular flexibility index (Phi) is 9.58. The number of benzene rings is 2. The minimum atomic E-state index is -3.45. The van der Waals surface area contributed by atoms with Crippen LogP contribution in [0.15, 0.2) is 46.0 Å². The SMILES string of the molecule is CC(C)c1ccc(NS(C)(=O)=O)c(C(C)C)c1NC(=O)CN1CCN(CCSc2nc3ccccc3o2)CC1. The summed E-state index contributed by atoms with van der Waals surface area (Å²) in [6, 6.07) is 11.5. The zero-order chi connectivity index (χ0) is 28.2. The molecular weight excluding hydrogens is 534 g/mol. The molecule has 39 heavy (non-hydrogen) atoms. The van der Waals surface area contributed by atoms with Crippen molar-refractivity contribution in [2.45, 2.75) is 44.8 Å². The third kappa shape index (κ3) is 7.97. The van der Waals surface area contributed by atoms with Gasteiger partial charge < -0.3 is 9.73 Å². The second-order valence-corrected chi connectivity index (χ2v) is 13.4. The number of thioether (sulfide) groups is 1. The first kappa shape index (κ1) is 29.4. The number of fused-ring (bicyclic) bond motifs is 1. The van der Waals surface area contributed by atoms with Gasteiger partial charge in [-0.1, -0.05) is 57.7 Å². The van der Waals surface area contributed by atoms with Crippen molar-refractivity contribution in [1.82, 2.24) is 14.8 Å². The van der Waals surface area contributed by atoms with Crippen LogP contribution in [0, 0.1) is 0 Å². The Hall–Kier alpha value is -2.60. The van der Waals surface area contributed by atoms with Crippen molar-refractivity contribution >= 4 is 50.2 Å². The van der Waals surface area contributed by atoms with Crippen molar-refractivity contribution in [3.05, 3.63) is 47.5 Å². The minimum Gasteiger partial charge on any atom is -0.431 e. The Balaban J connectivity index is 1.31. The molecule has 9 nitrogen and oxygen atoms in total. The number of para-hydroxylation sites is 2. The predicted octanol–water partition coefficient (Wildman–Crippen LogP) is 4.79. The summed E-state index contributed by atoms with van der Waals surface area (Å²) >= 11 is 1.62. The molecule has 212 valence electrons. The molecule has 0 atom stereocenters. The van der Waals surface area contributed by atoms with Crippen LogP contribution in [0.2, 0.25) is 0 Å². The van der Waals surface area contributed by atoms with Crippen LogP contribution in [-0.4, -0.2) is 80.4 Å². The molecule has 1 aliphatic heterocycles. The van der Waals surface area contributed by atoms with Gasteiger partial charge in [-0.2, -0.15) is 0 Å². The summed E-state index contributed by atoms with van der Waals surface area (Å²) in [6.45, 7) is 12.8. The monoisotopic (exact) mass is 573 g/mol. The van der Waals surface area contributed by atoms with Gasteiger partial charge >= 0.3 is 0 Å². The number of carbonyl (C=O) groups excluding carboxylic acids is 1. The Bertz CT molecular complexity index is 1360. The van der Waals surface area contributed by atoms with E-state index in [0.717, 1.165) is 67.0 Å². The number of amides is 1. The van der Waals surface area contributed by atoms with Crippen molar-refractivity contribution in [1.29, 1.82) is 0 Å². The number of hydrogen-bond donors (Lipinski definition) is 2. The summed E-state index contributed by atoms with van der Waals surface area (Å²) in [5, 5.41) is 3.84. The molecule has 0 aliphatic carbocycles. The highest BCUT2D eigenvalue weighted by Gasteiger charge is 2.23. The first-order valence-electron chi connectivity index (χ1n) is 13.4. The molecule has 1 amide bonds. The molecule has 1 aromatic heterocycles. The molecule has 0 bridgehead atoms. The van der Waals surface area contributed by atoms with Crippen LogP contribution < -0.4 is 10.0 Å². The van der Waals surface area contributed by atoms with Gasteiger partial charge in [0.05, 0.1) is 18.5 Å². The van der Waals surface area contributed by atoms with Gasteiger partial charge in [-0.3, -0.25) is 19.3 Å². The quantitative estimate of drug-likeness (QED) is 0.315. The van der Waals surface area contributed by atoms with E-state index in [4.69, 9.17) is 4.42 Å². The lowest BCUT2D eigenvalue weighted by Crippen LogP contribution is -2.49. The maximum atomic E-state index is 13.2. The van der Waals surface area contributed by atoms with Crippen LogP contribution in [-0.2, 0) is 14.8 Å². The summed E-state index contributed by atoms with van der Waals surface area (Å²) in [5.74, 6) is 0.983. The largest absolute Gasteiger partial charge is 0.431 e. The van der Waals surface area contributed by atoms with Crippen LogP contribution in [0.25, 0.3) is 11.1 Å². The number of hydrogen-bond acceptors (Lipinski definition) is 8. The topological polar surface area (TPSA) is 108 Å². The first-order valence-corrected chi connectivity index (χ1v) is 16.3. The minimum absolute atomic E-state index is 0.0134. The van der Waals surface area contributed by atoms with E-state index in [1.807, 2.05) is 44.2 Å². The van der Waals surface area contributed by atoms with E-state index in [0.29, 0.717) is 23.1 Å². The van der Waals surface area contributed by atoms with E-state index < -0.39 is 10.0 Å². The summed E-state index contributed by atoms with van der Waals surface area (Å²) < 4.78 is 32.4. The molecule has 3 aromatic rings. The number of sulfonamides is 1. The molecule has 1 aliphatic rings. The van der Waals surface area contributed by atoms with E-state index >= 15 is 0 Å². The Morgan fingerprint density at radius 2 is 1.72 bits per heavy atom. The van der Waals surface area contributed by atoms with Gasteiger partial charge in [-0.05, 0) is 35.6 Å². The van der Waals surface area contributed by atoms with E-state index in [-0.39, 0.29) is 17.7 Å². The number of nitrogens with zero attached hydrogens (tertiary/aromatic N) is 3. The number of piperazine rings is 1. The Morgan fingerprint density at radius 1 is 1.03 bits per heavy atom. The fraction of sp³-hybridized carbons (Fsp3) is 0.500. The molecule has 1 fully saturated rings. The van der Waals surface area contributed by atoms with Crippen molar-refractivity contribution < 1.29 is 17.6 Å². The number of rotatable bonds is 11. The van der Waals surface area contributed by atoms with E-state index in [1.54, 1.807) is 17.8 Å². The molecule has 0 spiro atoms. The van der Waals surface area contributed by atoms with Crippen LogP contribution in [0.1, 0.15) is 50.7 Å². The molecular formula is C28H39N5O4S2. The van der Waals surface area contributed by atoms with Gasteiger partial charge in [0.1, 0.15) is 5.52 Å². The maximum Gasteiger partial charge on any atom is 0.256 e. The lowest BCUT2D eigenvalue weighted by atomic mass is 9.91. The van der Waals surface area contributed by atoms with Gasteiger partial charge in [0.2, 0.25) is 15.9 Å². The molecule has 2 heterocycles. The van der Waals surface area contributed by atoms with Gasteiger partial charge in [0, 0.05) is 49.7 Å². The summed E-state index contributed by atoms with van der Waals surface area (Å²) in [6.07, 6.45) is 1.14. The second-order valence-electron chi connectivity index (χ2n) is 10.6. The summed E-state index contributed by atoms with van der Waals surface area (Å²) in [4.78, 5) is 22.3. The Morgan fingerprint density at radius 3 is 2.36 bits per heavy atom. The molecule has 11 heteroatoms. The lowest BCUT2D eigenvalue weighted by Gasteiger charge is -2.34.